The lowest BCUT2D eigenvalue weighted by atomic mass is 10.2. The van der Waals surface area contributed by atoms with Crippen molar-refractivity contribution in [1.29, 1.82) is 0 Å². The fraction of sp³-hybridized carbons (Fsp3) is 0.778. The molecule has 0 amide bonds. The number of hydrogen-bond acceptors (Lipinski definition) is 5. The second-order valence-corrected chi connectivity index (χ2v) is 4.60. The lowest BCUT2D eigenvalue weighted by Gasteiger charge is -1.98. The van der Waals surface area contributed by atoms with Crippen LogP contribution in [0.1, 0.15) is 29.8 Å². The summed E-state index contributed by atoms with van der Waals surface area (Å²) in [5.41, 5.74) is 0. The van der Waals surface area contributed by atoms with Crippen molar-refractivity contribution < 1.29 is 9.26 Å². The van der Waals surface area contributed by atoms with Crippen LogP contribution in [0.25, 0.3) is 0 Å². The molecule has 1 atom stereocenters. The molecule has 78 valence electrons. The van der Waals surface area contributed by atoms with E-state index in [1.54, 1.807) is 7.11 Å². The number of nitrogens with zero attached hydrogens (tertiary/aromatic N) is 2. The largest absolute Gasteiger partial charge is 0.384 e. The Morgan fingerprint density at radius 1 is 1.64 bits per heavy atom. The summed E-state index contributed by atoms with van der Waals surface area (Å²) >= 11 is 1.91. The molecule has 2 rings (SSSR count). The van der Waals surface area contributed by atoms with Crippen molar-refractivity contribution >= 4 is 11.8 Å². The molecule has 2 heterocycles. The predicted octanol–water partition coefficient (Wildman–Crippen LogP) is 1.83. The van der Waals surface area contributed by atoms with Gasteiger partial charge in [-0.2, -0.15) is 4.98 Å². The van der Waals surface area contributed by atoms with E-state index in [-0.39, 0.29) is 0 Å². The number of hydrogen-bond donors (Lipinski definition) is 0. The molecule has 0 unspecified atom stereocenters. The van der Waals surface area contributed by atoms with E-state index < -0.39 is 0 Å². The minimum atomic E-state index is 0.429. The molecule has 0 saturated carbocycles. The smallest absolute Gasteiger partial charge is 0.239 e. The normalized spacial score (nSPS) is 21.6. The molecule has 0 aromatic carbocycles. The van der Waals surface area contributed by atoms with Gasteiger partial charge in [0.1, 0.15) is 0 Å². The van der Waals surface area contributed by atoms with Gasteiger partial charge in [-0.3, -0.25) is 0 Å². The van der Waals surface area contributed by atoms with Crippen molar-refractivity contribution in [2.75, 3.05) is 19.5 Å². The van der Waals surface area contributed by atoms with Crippen LogP contribution in [-0.2, 0) is 11.2 Å². The third kappa shape index (κ3) is 2.27. The van der Waals surface area contributed by atoms with Crippen LogP contribution >= 0.6 is 11.8 Å². The van der Waals surface area contributed by atoms with Gasteiger partial charge in [0.05, 0.1) is 11.9 Å². The summed E-state index contributed by atoms with van der Waals surface area (Å²) in [6.45, 7) is 0.650. The standard InChI is InChI=1S/C9H14N2O2S/c1-12-5-4-8-10-9(13-11-8)7-3-2-6-14-7/h7H,2-6H2,1H3/t7-/m1/s1. The molecule has 1 aliphatic heterocycles. The van der Waals surface area contributed by atoms with Crippen molar-refractivity contribution in [2.45, 2.75) is 24.5 Å². The Balaban J connectivity index is 1.94. The van der Waals surface area contributed by atoms with Crippen molar-refractivity contribution in [3.8, 4) is 0 Å². The number of ether oxygens (including phenoxy) is 1. The average Bonchev–Trinajstić information content (AvgIpc) is 2.85. The zero-order valence-electron chi connectivity index (χ0n) is 8.23. The minimum Gasteiger partial charge on any atom is -0.384 e. The van der Waals surface area contributed by atoms with Gasteiger partial charge in [-0.1, -0.05) is 5.16 Å². The molecular weight excluding hydrogens is 200 g/mol. The van der Waals surface area contributed by atoms with Crippen molar-refractivity contribution in [2.24, 2.45) is 0 Å². The maximum absolute atomic E-state index is 5.21. The fourth-order valence-electron chi connectivity index (χ4n) is 1.47. The zero-order valence-corrected chi connectivity index (χ0v) is 9.05. The summed E-state index contributed by atoms with van der Waals surface area (Å²) < 4.78 is 10.2. The van der Waals surface area contributed by atoms with E-state index in [0.29, 0.717) is 11.9 Å². The number of rotatable bonds is 4. The van der Waals surface area contributed by atoms with Gasteiger partial charge in [-0.25, -0.2) is 0 Å². The highest BCUT2D eigenvalue weighted by atomic mass is 32.2. The van der Waals surface area contributed by atoms with Crippen LogP contribution in [0.2, 0.25) is 0 Å². The summed E-state index contributed by atoms with van der Waals surface area (Å²) in [6.07, 6.45) is 3.15. The molecule has 0 radical (unpaired) electrons. The third-order valence-corrected chi connectivity index (χ3v) is 3.58. The first-order valence-corrected chi connectivity index (χ1v) is 5.88. The molecule has 4 nitrogen and oxygen atoms in total. The van der Waals surface area contributed by atoms with E-state index >= 15 is 0 Å². The van der Waals surface area contributed by atoms with Crippen molar-refractivity contribution in [1.82, 2.24) is 10.1 Å². The molecule has 1 aromatic heterocycles. The van der Waals surface area contributed by atoms with Gasteiger partial charge >= 0.3 is 0 Å². The van der Waals surface area contributed by atoms with Crippen LogP contribution in [0, 0.1) is 0 Å². The first-order valence-electron chi connectivity index (χ1n) is 4.83. The van der Waals surface area contributed by atoms with Gasteiger partial charge in [0.2, 0.25) is 5.89 Å². The van der Waals surface area contributed by atoms with Gasteiger partial charge in [0.25, 0.3) is 0 Å². The summed E-state index contributed by atoms with van der Waals surface area (Å²) in [5, 5.41) is 4.35. The van der Waals surface area contributed by atoms with E-state index in [4.69, 9.17) is 9.26 Å². The highest BCUT2D eigenvalue weighted by molar-refractivity contribution is 7.99. The van der Waals surface area contributed by atoms with Crippen molar-refractivity contribution in [3.63, 3.8) is 0 Å². The van der Waals surface area contributed by atoms with Crippen LogP contribution in [-0.4, -0.2) is 29.6 Å². The van der Waals surface area contributed by atoms with Gasteiger partial charge < -0.3 is 9.26 Å². The highest BCUT2D eigenvalue weighted by Crippen LogP contribution is 2.38. The second-order valence-electron chi connectivity index (χ2n) is 3.29. The Morgan fingerprint density at radius 2 is 2.57 bits per heavy atom. The zero-order chi connectivity index (χ0) is 9.80. The Hall–Kier alpha value is -0.550. The average molecular weight is 214 g/mol. The molecule has 0 bridgehead atoms. The van der Waals surface area contributed by atoms with E-state index in [2.05, 4.69) is 10.1 Å². The SMILES string of the molecule is COCCc1noc([C@H]2CCCS2)n1. The summed E-state index contributed by atoms with van der Waals surface area (Å²) in [5.74, 6) is 2.76. The monoisotopic (exact) mass is 214 g/mol. The number of thioether (sulfide) groups is 1. The van der Waals surface area contributed by atoms with Crippen LogP contribution < -0.4 is 0 Å². The molecule has 0 spiro atoms. The summed E-state index contributed by atoms with van der Waals surface area (Å²) in [7, 11) is 1.67. The Kier molecular flexibility index (Phi) is 3.42. The van der Waals surface area contributed by atoms with Crippen LogP contribution in [0.3, 0.4) is 0 Å². The molecule has 1 aliphatic rings. The minimum absolute atomic E-state index is 0.429. The first-order chi connectivity index (χ1) is 6.90. The van der Waals surface area contributed by atoms with Gasteiger partial charge in [-0.15, -0.1) is 11.8 Å². The number of aromatic nitrogens is 2. The first kappa shape index (κ1) is 9.98. The third-order valence-electron chi connectivity index (χ3n) is 2.22. The fourth-order valence-corrected chi connectivity index (χ4v) is 2.66. The molecule has 5 heteroatoms. The molecule has 14 heavy (non-hydrogen) atoms. The lowest BCUT2D eigenvalue weighted by molar-refractivity contribution is 0.199. The van der Waals surface area contributed by atoms with Crippen LogP contribution in [0.5, 0.6) is 0 Å². The van der Waals surface area contributed by atoms with E-state index in [0.717, 1.165) is 24.6 Å². The molecular formula is C9H14N2O2S. The quantitative estimate of drug-likeness (QED) is 0.765. The molecule has 1 fully saturated rings. The maximum atomic E-state index is 5.21. The maximum Gasteiger partial charge on any atom is 0.239 e. The van der Waals surface area contributed by atoms with Gasteiger partial charge in [-0.05, 0) is 18.6 Å². The topological polar surface area (TPSA) is 48.2 Å². The number of methoxy groups -OCH3 is 1. The second kappa shape index (κ2) is 4.79. The molecule has 1 saturated heterocycles. The molecule has 0 N–H and O–H groups in total. The van der Waals surface area contributed by atoms with Gasteiger partial charge in [0, 0.05) is 13.5 Å². The van der Waals surface area contributed by atoms with Crippen LogP contribution in [0.4, 0.5) is 0 Å². The highest BCUT2D eigenvalue weighted by Gasteiger charge is 2.23. The Morgan fingerprint density at radius 3 is 3.29 bits per heavy atom. The summed E-state index contributed by atoms with van der Waals surface area (Å²) in [6, 6.07) is 0. The molecule has 0 aliphatic carbocycles. The summed E-state index contributed by atoms with van der Waals surface area (Å²) in [4.78, 5) is 4.35. The van der Waals surface area contributed by atoms with E-state index in [9.17, 15) is 0 Å². The van der Waals surface area contributed by atoms with E-state index in [1.165, 1.54) is 12.2 Å². The van der Waals surface area contributed by atoms with Crippen LogP contribution in [0.15, 0.2) is 4.52 Å². The Labute approximate surface area is 87.4 Å². The van der Waals surface area contributed by atoms with Crippen molar-refractivity contribution in [3.05, 3.63) is 11.7 Å². The predicted molar refractivity (Wildman–Crippen MR) is 54.3 cm³/mol. The lowest BCUT2D eigenvalue weighted by Crippen LogP contribution is -1.97. The van der Waals surface area contributed by atoms with E-state index in [1.807, 2.05) is 11.8 Å². The molecule has 1 aromatic rings. The van der Waals surface area contributed by atoms with Gasteiger partial charge in [0.15, 0.2) is 5.82 Å². The Bertz CT molecular complexity index is 284.